The van der Waals surface area contributed by atoms with E-state index in [-0.39, 0.29) is 0 Å². The van der Waals surface area contributed by atoms with Gasteiger partial charge in [-0.15, -0.1) is 0 Å². The van der Waals surface area contributed by atoms with Crippen molar-refractivity contribution in [1.29, 1.82) is 0 Å². The Bertz CT molecular complexity index is 431. The highest BCUT2D eigenvalue weighted by atomic mass is 16.3. The predicted molar refractivity (Wildman–Crippen MR) is 45.6 cm³/mol. The van der Waals surface area contributed by atoms with Gasteiger partial charge in [0.25, 0.3) is 0 Å². The summed E-state index contributed by atoms with van der Waals surface area (Å²) in [6.07, 6.45) is 3.41. The molecule has 0 saturated heterocycles. The van der Waals surface area contributed by atoms with Gasteiger partial charge in [0.05, 0.1) is 5.39 Å². The number of hydrogen-bond acceptors (Lipinski definition) is 1. The van der Waals surface area contributed by atoms with E-state index >= 15 is 0 Å². The summed E-state index contributed by atoms with van der Waals surface area (Å²) in [4.78, 5) is 0. The number of aryl methyl sites for hydroxylation is 2. The molecule has 1 N–H and O–H groups in total. The lowest BCUT2D eigenvalue weighted by molar-refractivity contribution is -0.604. The van der Waals surface area contributed by atoms with Crippen LogP contribution in [-0.2, 0) is 0 Å². The second-order valence-electron chi connectivity index (χ2n) is 2.91. The molecule has 0 spiro atoms. The fourth-order valence-electron chi connectivity index (χ4n) is 1.29. The van der Waals surface area contributed by atoms with E-state index in [1.54, 1.807) is 12.4 Å². The van der Waals surface area contributed by atoms with Crippen LogP contribution in [0.2, 0.25) is 0 Å². The lowest BCUT2D eigenvalue weighted by Gasteiger charge is -1.92. The van der Waals surface area contributed by atoms with E-state index in [9.17, 15) is 0 Å². The molecule has 0 unspecified atom stereocenters. The van der Waals surface area contributed by atoms with Crippen LogP contribution in [0.25, 0.3) is 16.8 Å². The van der Waals surface area contributed by atoms with Crippen LogP contribution in [0.4, 0.5) is 0 Å². The third-order valence-corrected chi connectivity index (χ3v) is 2.12. The number of hydrogen-bond donors (Lipinski definition) is 0. The Labute approximate surface area is 70.4 Å². The van der Waals surface area contributed by atoms with Gasteiger partial charge in [-0.3, -0.25) is 0 Å². The number of furan rings is 1. The van der Waals surface area contributed by atoms with Gasteiger partial charge < -0.3 is 10.3 Å². The molecule has 12 heavy (non-hydrogen) atoms. The Morgan fingerprint density at radius 1 is 1.42 bits per heavy atom. The van der Waals surface area contributed by atoms with Gasteiger partial charge >= 0.3 is 0 Å². The quantitative estimate of drug-likeness (QED) is 0.547. The van der Waals surface area contributed by atoms with E-state index in [4.69, 9.17) is 10.3 Å². The molecule has 0 aliphatic rings. The first kappa shape index (κ1) is 7.16. The van der Waals surface area contributed by atoms with Gasteiger partial charge in [0.15, 0.2) is 12.4 Å². The topological polar surface area (TPSA) is 40.8 Å². The number of rotatable bonds is 0. The van der Waals surface area contributed by atoms with Gasteiger partial charge in [-0.05, 0) is 13.8 Å². The maximum atomic E-state index is 7.36. The summed E-state index contributed by atoms with van der Waals surface area (Å²) in [5.74, 6) is 8.29. The molecule has 2 rings (SSSR count). The van der Waals surface area contributed by atoms with Crippen molar-refractivity contribution >= 4 is 11.0 Å². The van der Waals surface area contributed by atoms with Crippen molar-refractivity contribution < 1.29 is 9.09 Å². The Kier molecular flexibility index (Phi) is 1.33. The molecule has 2 aromatic rings. The maximum Gasteiger partial charge on any atom is 0.175 e. The summed E-state index contributed by atoms with van der Waals surface area (Å²) in [5, 5.41) is 1.02. The Balaban J connectivity index is 2.88. The Morgan fingerprint density at radius 2 is 2.17 bits per heavy atom. The summed E-state index contributed by atoms with van der Waals surface area (Å²) >= 11 is 0. The third-order valence-electron chi connectivity index (χ3n) is 2.12. The average Bonchev–Trinajstić information content (AvgIpc) is 2.31. The first-order chi connectivity index (χ1) is 5.68. The molecule has 0 radical (unpaired) electrons. The summed E-state index contributed by atoms with van der Waals surface area (Å²) in [6.45, 7) is 3.94. The van der Waals surface area contributed by atoms with Gasteiger partial charge in [0.1, 0.15) is 11.3 Å². The van der Waals surface area contributed by atoms with Gasteiger partial charge in [0, 0.05) is 11.6 Å². The standard InChI is InChI=1S/C9H10N2O/c1-6-7(2)12-9-3-4-11(10)5-8(6)9/h3-5,10H,1-2H3. The molecule has 0 aromatic carbocycles. The minimum Gasteiger partial charge on any atom is -0.461 e. The molecular weight excluding hydrogens is 152 g/mol. The summed E-state index contributed by atoms with van der Waals surface area (Å²) in [5.41, 5.74) is 1.97. The fraction of sp³-hybridized carbons (Fsp3) is 0.222. The molecule has 0 fully saturated rings. The van der Waals surface area contributed by atoms with Crippen LogP contribution < -0.4 is 4.68 Å². The minimum atomic E-state index is 0.855. The molecular formula is C9H10N2O. The van der Waals surface area contributed by atoms with Crippen LogP contribution in [-0.4, -0.2) is 0 Å². The van der Waals surface area contributed by atoms with Crippen molar-refractivity contribution in [1.82, 2.24) is 0 Å². The van der Waals surface area contributed by atoms with E-state index in [0.29, 0.717) is 0 Å². The van der Waals surface area contributed by atoms with Crippen LogP contribution >= 0.6 is 0 Å². The molecule has 0 atom stereocenters. The zero-order valence-electron chi connectivity index (χ0n) is 7.09. The van der Waals surface area contributed by atoms with Crippen molar-refractivity contribution in [2.45, 2.75) is 13.8 Å². The smallest absolute Gasteiger partial charge is 0.175 e. The first-order valence-electron chi connectivity index (χ1n) is 3.81. The highest BCUT2D eigenvalue weighted by Crippen LogP contribution is 2.22. The number of fused-ring (bicyclic) bond motifs is 1. The zero-order chi connectivity index (χ0) is 8.72. The molecule has 3 heteroatoms. The van der Waals surface area contributed by atoms with E-state index in [1.807, 2.05) is 19.9 Å². The number of nitrogens with zero attached hydrogens (tertiary/aromatic N) is 1. The molecule has 2 heterocycles. The molecule has 0 saturated carbocycles. The van der Waals surface area contributed by atoms with Crippen molar-refractivity contribution in [3.05, 3.63) is 35.6 Å². The Morgan fingerprint density at radius 3 is 2.92 bits per heavy atom. The largest absolute Gasteiger partial charge is 0.461 e. The van der Waals surface area contributed by atoms with Gasteiger partial charge in [-0.25, -0.2) is 4.68 Å². The molecule has 0 amide bonds. The highest BCUT2D eigenvalue weighted by Gasteiger charge is 2.08. The average molecular weight is 162 g/mol. The minimum absolute atomic E-state index is 0.855. The highest BCUT2D eigenvalue weighted by molar-refractivity contribution is 5.79. The van der Waals surface area contributed by atoms with Crippen molar-refractivity contribution in [2.24, 2.45) is 0 Å². The van der Waals surface area contributed by atoms with Crippen LogP contribution in [0.15, 0.2) is 22.9 Å². The van der Waals surface area contributed by atoms with E-state index in [0.717, 1.165) is 22.3 Å². The van der Waals surface area contributed by atoms with Crippen LogP contribution in [0.1, 0.15) is 11.3 Å². The van der Waals surface area contributed by atoms with Crippen molar-refractivity contribution in [3.8, 4) is 0 Å². The fourth-order valence-corrected chi connectivity index (χ4v) is 1.29. The van der Waals surface area contributed by atoms with Crippen molar-refractivity contribution in [3.63, 3.8) is 0 Å². The number of aromatic nitrogens is 1. The number of pyridine rings is 1. The van der Waals surface area contributed by atoms with Gasteiger partial charge in [-0.1, -0.05) is 0 Å². The van der Waals surface area contributed by atoms with Crippen LogP contribution in [0.5, 0.6) is 0 Å². The first-order valence-corrected chi connectivity index (χ1v) is 3.81. The second kappa shape index (κ2) is 2.24. The SMILES string of the molecule is Cc1oc2cc[n+]([NH-])cc2c1C. The van der Waals surface area contributed by atoms with E-state index in [2.05, 4.69) is 0 Å². The second-order valence-corrected chi connectivity index (χ2v) is 2.91. The normalized spacial score (nSPS) is 10.8. The molecule has 0 aliphatic heterocycles. The van der Waals surface area contributed by atoms with Crippen molar-refractivity contribution in [2.75, 3.05) is 0 Å². The molecule has 2 aromatic heterocycles. The predicted octanol–water partition coefficient (Wildman–Crippen LogP) is 2.15. The molecule has 0 aliphatic carbocycles. The lowest BCUT2D eigenvalue weighted by Crippen LogP contribution is -2.20. The number of nitrogens with one attached hydrogen (secondary N) is 1. The monoisotopic (exact) mass is 162 g/mol. The zero-order valence-corrected chi connectivity index (χ0v) is 7.09. The maximum absolute atomic E-state index is 7.36. The van der Waals surface area contributed by atoms with E-state index < -0.39 is 0 Å². The summed E-state index contributed by atoms with van der Waals surface area (Å²) in [7, 11) is 0. The molecule has 0 bridgehead atoms. The molecule has 3 nitrogen and oxygen atoms in total. The van der Waals surface area contributed by atoms with Gasteiger partial charge in [-0.2, -0.15) is 0 Å². The van der Waals surface area contributed by atoms with E-state index in [1.165, 1.54) is 4.68 Å². The van der Waals surface area contributed by atoms with Gasteiger partial charge in [0.2, 0.25) is 0 Å². The summed E-state index contributed by atoms with van der Waals surface area (Å²) < 4.78 is 6.74. The lowest BCUT2D eigenvalue weighted by atomic mass is 10.2. The van der Waals surface area contributed by atoms with Crippen LogP contribution in [0.3, 0.4) is 0 Å². The molecule has 62 valence electrons. The van der Waals surface area contributed by atoms with Crippen LogP contribution in [0, 0.1) is 13.8 Å². The summed E-state index contributed by atoms with van der Waals surface area (Å²) in [6, 6.07) is 1.81. The third kappa shape index (κ3) is 0.863. The Hall–Kier alpha value is -1.51.